The number of halogens is 1. The molecule has 0 aliphatic rings. The van der Waals surface area contributed by atoms with Crippen molar-refractivity contribution in [3.8, 4) is 11.5 Å². The zero-order valence-electron chi connectivity index (χ0n) is 10.2. The highest BCUT2D eigenvalue weighted by Crippen LogP contribution is 2.36. The van der Waals surface area contributed by atoms with Crippen LogP contribution in [0.5, 0.6) is 11.5 Å². The molecule has 0 radical (unpaired) electrons. The van der Waals surface area contributed by atoms with Gasteiger partial charge in [0.15, 0.2) is 0 Å². The average Bonchev–Trinajstić information content (AvgIpc) is 2.90. The van der Waals surface area contributed by atoms with E-state index in [4.69, 9.17) is 21.1 Å². The number of rotatable bonds is 5. The second-order valence-electron chi connectivity index (χ2n) is 3.67. The van der Waals surface area contributed by atoms with Gasteiger partial charge in [-0.25, -0.2) is 0 Å². The van der Waals surface area contributed by atoms with Gasteiger partial charge in [0, 0.05) is 18.7 Å². The maximum atomic E-state index is 6.05. The number of hydrogen-bond acceptors (Lipinski definition) is 4. The Morgan fingerprint density at radius 2 is 2.00 bits per heavy atom. The van der Waals surface area contributed by atoms with Gasteiger partial charge in [-0.1, -0.05) is 11.6 Å². The minimum absolute atomic E-state index is 0.537. The molecule has 96 valence electrons. The summed E-state index contributed by atoms with van der Waals surface area (Å²) in [5.41, 5.74) is 2.10. The summed E-state index contributed by atoms with van der Waals surface area (Å²) >= 11 is 7.73. The fourth-order valence-electron chi connectivity index (χ4n) is 1.59. The van der Waals surface area contributed by atoms with Crippen molar-refractivity contribution in [2.45, 2.75) is 6.54 Å². The predicted octanol–water partition coefficient (Wildman–Crippen LogP) is 4.03. The van der Waals surface area contributed by atoms with Crippen molar-refractivity contribution in [2.24, 2.45) is 0 Å². The SMILES string of the molecule is COc1cc(NCc2ccsc2)c(OC)cc1Cl. The van der Waals surface area contributed by atoms with Crippen LogP contribution in [0.1, 0.15) is 5.56 Å². The Balaban J connectivity index is 2.19. The molecule has 0 fully saturated rings. The van der Waals surface area contributed by atoms with Crippen LogP contribution in [0.3, 0.4) is 0 Å². The maximum Gasteiger partial charge on any atom is 0.143 e. The van der Waals surface area contributed by atoms with Gasteiger partial charge in [-0.05, 0) is 22.4 Å². The Morgan fingerprint density at radius 1 is 1.22 bits per heavy atom. The van der Waals surface area contributed by atoms with Crippen LogP contribution in [0, 0.1) is 0 Å². The van der Waals surface area contributed by atoms with Crippen LogP contribution in [0.2, 0.25) is 5.02 Å². The maximum absolute atomic E-state index is 6.05. The van der Waals surface area contributed by atoms with Crippen LogP contribution >= 0.6 is 22.9 Å². The minimum Gasteiger partial charge on any atom is -0.495 e. The third-order valence-electron chi connectivity index (χ3n) is 2.54. The monoisotopic (exact) mass is 283 g/mol. The molecular formula is C13H14ClNO2S. The molecule has 0 atom stereocenters. The first kappa shape index (κ1) is 13.1. The quantitative estimate of drug-likeness (QED) is 0.899. The van der Waals surface area contributed by atoms with Crippen molar-refractivity contribution in [3.05, 3.63) is 39.5 Å². The highest BCUT2D eigenvalue weighted by Gasteiger charge is 2.09. The lowest BCUT2D eigenvalue weighted by molar-refractivity contribution is 0.404. The number of methoxy groups -OCH3 is 2. The molecule has 1 heterocycles. The first-order valence-corrected chi connectivity index (χ1v) is 6.73. The first-order chi connectivity index (χ1) is 8.74. The average molecular weight is 284 g/mol. The lowest BCUT2D eigenvalue weighted by atomic mass is 10.2. The Morgan fingerprint density at radius 3 is 2.61 bits per heavy atom. The molecule has 0 amide bonds. The molecule has 0 aliphatic carbocycles. The molecule has 1 aromatic heterocycles. The molecule has 0 unspecified atom stereocenters. The standard InChI is InChI=1S/C13H14ClNO2S/c1-16-12-6-11(13(17-2)5-10(12)14)15-7-9-3-4-18-8-9/h3-6,8,15H,7H2,1-2H3. The number of anilines is 1. The van der Waals surface area contributed by atoms with Gasteiger partial charge < -0.3 is 14.8 Å². The van der Waals surface area contributed by atoms with Gasteiger partial charge >= 0.3 is 0 Å². The molecule has 0 bridgehead atoms. The molecule has 0 aliphatic heterocycles. The molecule has 3 nitrogen and oxygen atoms in total. The Hall–Kier alpha value is -1.39. The van der Waals surface area contributed by atoms with Crippen molar-refractivity contribution in [2.75, 3.05) is 19.5 Å². The fraction of sp³-hybridized carbons (Fsp3) is 0.231. The lowest BCUT2D eigenvalue weighted by Gasteiger charge is -2.13. The normalized spacial score (nSPS) is 10.2. The smallest absolute Gasteiger partial charge is 0.143 e. The zero-order valence-corrected chi connectivity index (χ0v) is 11.8. The minimum atomic E-state index is 0.537. The lowest BCUT2D eigenvalue weighted by Crippen LogP contribution is -2.01. The molecule has 1 aromatic carbocycles. The van der Waals surface area contributed by atoms with E-state index < -0.39 is 0 Å². The molecule has 0 spiro atoms. The summed E-state index contributed by atoms with van der Waals surface area (Å²) < 4.78 is 10.5. The number of nitrogens with one attached hydrogen (secondary N) is 1. The summed E-state index contributed by atoms with van der Waals surface area (Å²) in [6.07, 6.45) is 0. The van der Waals surface area contributed by atoms with E-state index in [-0.39, 0.29) is 0 Å². The summed E-state index contributed by atoms with van der Waals surface area (Å²) in [6, 6.07) is 5.67. The Kier molecular flexibility index (Phi) is 4.33. The first-order valence-electron chi connectivity index (χ1n) is 5.41. The van der Waals surface area contributed by atoms with Gasteiger partial charge in [-0.2, -0.15) is 11.3 Å². The number of hydrogen-bond donors (Lipinski definition) is 1. The fourth-order valence-corrected chi connectivity index (χ4v) is 2.49. The van der Waals surface area contributed by atoms with Gasteiger partial charge in [0.25, 0.3) is 0 Å². The van der Waals surface area contributed by atoms with Crippen LogP contribution in [-0.4, -0.2) is 14.2 Å². The predicted molar refractivity (Wildman–Crippen MR) is 76.2 cm³/mol. The van der Waals surface area contributed by atoms with Gasteiger partial charge in [0.05, 0.1) is 24.9 Å². The molecule has 0 saturated carbocycles. The topological polar surface area (TPSA) is 30.5 Å². The Bertz CT molecular complexity index is 514. The van der Waals surface area contributed by atoms with Gasteiger partial charge in [0.2, 0.25) is 0 Å². The molecule has 18 heavy (non-hydrogen) atoms. The number of ether oxygens (including phenoxy) is 2. The summed E-state index contributed by atoms with van der Waals surface area (Å²) in [6.45, 7) is 0.741. The largest absolute Gasteiger partial charge is 0.495 e. The van der Waals surface area contributed by atoms with Crippen LogP contribution in [0.25, 0.3) is 0 Å². The third-order valence-corrected chi connectivity index (χ3v) is 3.56. The van der Waals surface area contributed by atoms with Crippen LogP contribution in [0.4, 0.5) is 5.69 Å². The summed E-state index contributed by atoms with van der Waals surface area (Å²) in [5.74, 6) is 1.33. The zero-order chi connectivity index (χ0) is 13.0. The molecule has 2 rings (SSSR count). The van der Waals surface area contributed by atoms with E-state index >= 15 is 0 Å². The van der Waals surface area contributed by atoms with Crippen LogP contribution < -0.4 is 14.8 Å². The Labute approximate surface area is 115 Å². The third kappa shape index (κ3) is 2.89. The van der Waals surface area contributed by atoms with Gasteiger partial charge in [-0.15, -0.1) is 0 Å². The van der Waals surface area contributed by atoms with Crippen molar-refractivity contribution in [1.29, 1.82) is 0 Å². The van der Waals surface area contributed by atoms with E-state index in [0.717, 1.165) is 12.2 Å². The van der Waals surface area contributed by atoms with E-state index in [1.165, 1.54) is 5.56 Å². The highest BCUT2D eigenvalue weighted by atomic mass is 35.5. The summed E-state index contributed by atoms with van der Waals surface area (Å²) in [4.78, 5) is 0. The van der Waals surface area contributed by atoms with E-state index in [2.05, 4.69) is 22.1 Å². The highest BCUT2D eigenvalue weighted by molar-refractivity contribution is 7.07. The van der Waals surface area contributed by atoms with Crippen molar-refractivity contribution < 1.29 is 9.47 Å². The van der Waals surface area contributed by atoms with E-state index in [1.807, 2.05) is 6.07 Å². The molecule has 1 N–H and O–H groups in total. The number of thiophene rings is 1. The second kappa shape index (κ2) is 5.98. The van der Waals surface area contributed by atoms with Crippen LogP contribution in [-0.2, 0) is 6.54 Å². The van der Waals surface area contributed by atoms with Crippen LogP contribution in [0.15, 0.2) is 29.0 Å². The second-order valence-corrected chi connectivity index (χ2v) is 4.86. The summed E-state index contributed by atoms with van der Waals surface area (Å²) in [5, 5.41) is 8.01. The van der Waals surface area contributed by atoms with Gasteiger partial charge in [0.1, 0.15) is 11.5 Å². The van der Waals surface area contributed by atoms with Crippen molar-refractivity contribution in [3.63, 3.8) is 0 Å². The molecule has 5 heteroatoms. The van der Waals surface area contributed by atoms with Crippen molar-refractivity contribution >= 4 is 28.6 Å². The van der Waals surface area contributed by atoms with E-state index in [0.29, 0.717) is 16.5 Å². The number of benzene rings is 1. The van der Waals surface area contributed by atoms with Gasteiger partial charge in [-0.3, -0.25) is 0 Å². The summed E-state index contributed by atoms with van der Waals surface area (Å²) in [7, 11) is 3.21. The molecular weight excluding hydrogens is 270 g/mol. The molecule has 2 aromatic rings. The molecule has 0 saturated heterocycles. The van der Waals surface area contributed by atoms with E-state index in [9.17, 15) is 0 Å². The van der Waals surface area contributed by atoms with E-state index in [1.54, 1.807) is 31.6 Å². The van der Waals surface area contributed by atoms with Crippen molar-refractivity contribution in [1.82, 2.24) is 0 Å².